The van der Waals surface area contributed by atoms with E-state index in [4.69, 9.17) is 4.52 Å². The topological polar surface area (TPSA) is 119 Å². The van der Waals surface area contributed by atoms with Gasteiger partial charge < -0.3 is 24.9 Å². The zero-order valence-corrected chi connectivity index (χ0v) is 13.4. The number of rotatable bonds is 4. The minimum Gasteiger partial charge on any atom is -0.358 e. The Bertz CT molecular complexity index is 759. The highest BCUT2D eigenvalue weighted by Crippen LogP contribution is 2.28. The molecule has 0 unspecified atom stereocenters. The normalized spacial score (nSPS) is 15.5. The fourth-order valence-corrected chi connectivity index (χ4v) is 2.87. The van der Waals surface area contributed by atoms with Crippen molar-refractivity contribution in [3.63, 3.8) is 0 Å². The van der Waals surface area contributed by atoms with Crippen molar-refractivity contribution in [2.75, 3.05) is 18.0 Å². The van der Waals surface area contributed by atoms with E-state index in [1.807, 2.05) is 4.90 Å². The van der Waals surface area contributed by atoms with Gasteiger partial charge in [-0.25, -0.2) is 0 Å². The molecular weight excluding hydrogens is 316 g/mol. The molecule has 10 nitrogen and oxygen atoms in total. The molecule has 1 N–H and O–H groups in total. The maximum Gasteiger partial charge on any atom is 0.406 e. The van der Waals surface area contributed by atoms with Crippen LogP contribution in [0.25, 0.3) is 0 Å². The fourth-order valence-electron chi connectivity index (χ4n) is 2.87. The number of nitrogens with one attached hydrogen (secondary N) is 1. The van der Waals surface area contributed by atoms with Crippen LogP contribution in [0.15, 0.2) is 16.9 Å². The summed E-state index contributed by atoms with van der Waals surface area (Å²) in [5.41, 5.74) is 0.651. The highest BCUT2D eigenvalue weighted by molar-refractivity contribution is 5.91. The molecule has 0 aliphatic carbocycles. The lowest BCUT2D eigenvalue weighted by Crippen LogP contribution is -2.45. The van der Waals surface area contributed by atoms with Gasteiger partial charge in [-0.1, -0.05) is 5.16 Å². The molecular formula is C14H18N6O4. The van der Waals surface area contributed by atoms with Crippen molar-refractivity contribution in [2.24, 2.45) is 7.05 Å². The summed E-state index contributed by atoms with van der Waals surface area (Å²) in [6.07, 6.45) is 2.80. The first-order valence-electron chi connectivity index (χ1n) is 7.60. The quantitative estimate of drug-likeness (QED) is 0.655. The van der Waals surface area contributed by atoms with Crippen LogP contribution in [0.3, 0.4) is 0 Å². The summed E-state index contributed by atoms with van der Waals surface area (Å²) in [6, 6.07) is 1.58. The van der Waals surface area contributed by atoms with Crippen LogP contribution in [0.4, 0.5) is 11.6 Å². The van der Waals surface area contributed by atoms with Crippen molar-refractivity contribution in [3.05, 3.63) is 34.0 Å². The summed E-state index contributed by atoms with van der Waals surface area (Å²) < 4.78 is 6.59. The molecule has 0 spiro atoms. The van der Waals surface area contributed by atoms with E-state index < -0.39 is 4.92 Å². The predicted molar refractivity (Wildman–Crippen MR) is 83.8 cm³/mol. The SMILES string of the molecule is Cc1cc(C(=O)NC2CCN(c3c([N+](=O)[O-])ncn3C)CC2)on1. The third-order valence-corrected chi connectivity index (χ3v) is 4.04. The minimum absolute atomic E-state index is 0.00793. The summed E-state index contributed by atoms with van der Waals surface area (Å²) in [5.74, 6) is 0.255. The number of carbonyl (C=O) groups excluding carboxylic acids is 1. The lowest BCUT2D eigenvalue weighted by Gasteiger charge is -2.32. The van der Waals surface area contributed by atoms with Crippen LogP contribution in [0.5, 0.6) is 0 Å². The highest BCUT2D eigenvalue weighted by Gasteiger charge is 2.29. The third kappa shape index (κ3) is 3.07. The van der Waals surface area contributed by atoms with Crippen LogP contribution in [-0.2, 0) is 7.05 Å². The van der Waals surface area contributed by atoms with Crippen LogP contribution in [0.2, 0.25) is 0 Å². The standard InChI is InChI=1S/C14H18N6O4/c1-9-7-11(24-17-9)13(21)16-10-3-5-19(6-4-10)14-12(20(22)23)15-8-18(14)2/h7-8,10H,3-6H2,1-2H3,(H,16,21). The van der Waals surface area contributed by atoms with Crippen LogP contribution >= 0.6 is 0 Å². The molecule has 0 radical (unpaired) electrons. The van der Waals surface area contributed by atoms with E-state index in [0.29, 0.717) is 37.4 Å². The molecule has 1 fully saturated rings. The lowest BCUT2D eigenvalue weighted by atomic mass is 10.0. The minimum atomic E-state index is -0.477. The Labute approximate surface area is 137 Å². The van der Waals surface area contributed by atoms with Gasteiger partial charge in [-0.3, -0.25) is 9.36 Å². The number of hydrogen-bond donors (Lipinski definition) is 1. The van der Waals surface area contributed by atoms with Crippen LogP contribution in [0.1, 0.15) is 29.1 Å². The van der Waals surface area contributed by atoms with Crippen molar-refractivity contribution < 1.29 is 14.2 Å². The molecule has 3 heterocycles. The Balaban J connectivity index is 1.61. The summed E-state index contributed by atoms with van der Waals surface area (Å²) in [6.45, 7) is 2.95. The number of amides is 1. The number of carbonyl (C=O) groups is 1. The number of hydrogen-bond acceptors (Lipinski definition) is 7. The van der Waals surface area contributed by atoms with Crippen molar-refractivity contribution in [1.29, 1.82) is 0 Å². The molecule has 128 valence electrons. The number of aromatic nitrogens is 3. The van der Waals surface area contributed by atoms with Gasteiger partial charge in [0.05, 0.1) is 5.69 Å². The average Bonchev–Trinajstić information content (AvgIpc) is 3.14. The molecule has 0 aromatic carbocycles. The molecule has 0 saturated carbocycles. The van der Waals surface area contributed by atoms with E-state index >= 15 is 0 Å². The monoisotopic (exact) mass is 334 g/mol. The van der Waals surface area contributed by atoms with Gasteiger partial charge in [0.2, 0.25) is 17.9 Å². The number of aryl methyl sites for hydroxylation is 2. The number of piperidine rings is 1. The van der Waals surface area contributed by atoms with E-state index in [2.05, 4.69) is 15.5 Å². The average molecular weight is 334 g/mol. The first kappa shape index (κ1) is 16.0. The van der Waals surface area contributed by atoms with Crippen LogP contribution in [-0.4, -0.2) is 44.7 Å². The first-order valence-corrected chi connectivity index (χ1v) is 7.60. The van der Waals surface area contributed by atoms with Gasteiger partial charge >= 0.3 is 5.82 Å². The van der Waals surface area contributed by atoms with Gasteiger partial charge in [0.25, 0.3) is 5.91 Å². The van der Waals surface area contributed by atoms with Crippen LogP contribution in [0, 0.1) is 17.0 Å². The zero-order chi connectivity index (χ0) is 17.3. The fraction of sp³-hybridized carbons (Fsp3) is 0.500. The third-order valence-electron chi connectivity index (χ3n) is 4.04. The lowest BCUT2D eigenvalue weighted by molar-refractivity contribution is -0.388. The van der Waals surface area contributed by atoms with Gasteiger partial charge in [-0.15, -0.1) is 0 Å². The van der Waals surface area contributed by atoms with Gasteiger partial charge in [0.1, 0.15) is 0 Å². The van der Waals surface area contributed by atoms with E-state index in [-0.39, 0.29) is 23.5 Å². The second-order valence-corrected chi connectivity index (χ2v) is 5.83. The Kier molecular flexibility index (Phi) is 4.19. The number of imidazole rings is 1. The number of anilines is 1. The summed E-state index contributed by atoms with van der Waals surface area (Å²) >= 11 is 0. The molecule has 1 aliphatic heterocycles. The number of nitrogens with zero attached hydrogens (tertiary/aromatic N) is 5. The van der Waals surface area contributed by atoms with Gasteiger partial charge in [-0.05, 0) is 29.7 Å². The van der Waals surface area contributed by atoms with Gasteiger partial charge in [0, 0.05) is 32.2 Å². The van der Waals surface area contributed by atoms with E-state index in [1.54, 1.807) is 24.6 Å². The van der Waals surface area contributed by atoms with Crippen molar-refractivity contribution in [2.45, 2.75) is 25.8 Å². The molecule has 2 aromatic rings. The smallest absolute Gasteiger partial charge is 0.358 e. The summed E-state index contributed by atoms with van der Waals surface area (Å²) in [7, 11) is 1.73. The molecule has 0 bridgehead atoms. The van der Waals surface area contributed by atoms with E-state index in [1.165, 1.54) is 6.33 Å². The molecule has 1 amide bonds. The van der Waals surface area contributed by atoms with Gasteiger partial charge in [-0.2, -0.15) is 0 Å². The Hall–Kier alpha value is -2.91. The summed E-state index contributed by atoms with van der Waals surface area (Å²) in [5, 5.41) is 17.7. The van der Waals surface area contributed by atoms with Crippen LogP contribution < -0.4 is 10.2 Å². The highest BCUT2D eigenvalue weighted by atomic mass is 16.6. The molecule has 24 heavy (non-hydrogen) atoms. The molecule has 2 aromatic heterocycles. The van der Waals surface area contributed by atoms with Crippen molar-refractivity contribution >= 4 is 17.5 Å². The largest absolute Gasteiger partial charge is 0.406 e. The Morgan fingerprint density at radius 2 is 2.17 bits per heavy atom. The molecule has 3 rings (SSSR count). The van der Waals surface area contributed by atoms with Crippen molar-refractivity contribution in [1.82, 2.24) is 20.0 Å². The maximum absolute atomic E-state index is 12.1. The number of nitro groups is 1. The second kappa shape index (κ2) is 6.30. The van der Waals surface area contributed by atoms with E-state index in [0.717, 1.165) is 0 Å². The van der Waals surface area contributed by atoms with E-state index in [9.17, 15) is 14.9 Å². The van der Waals surface area contributed by atoms with Gasteiger partial charge in [0.15, 0.2) is 0 Å². The van der Waals surface area contributed by atoms with Crippen molar-refractivity contribution in [3.8, 4) is 0 Å². The predicted octanol–water partition coefficient (Wildman–Crippen LogP) is 1.02. The second-order valence-electron chi connectivity index (χ2n) is 5.83. The molecule has 0 atom stereocenters. The first-order chi connectivity index (χ1) is 11.5. The maximum atomic E-state index is 12.1. The zero-order valence-electron chi connectivity index (χ0n) is 13.4. The molecule has 1 aliphatic rings. The Morgan fingerprint density at radius 3 is 2.75 bits per heavy atom. The Morgan fingerprint density at radius 1 is 1.46 bits per heavy atom. The molecule has 1 saturated heterocycles. The molecule has 10 heteroatoms. The summed E-state index contributed by atoms with van der Waals surface area (Å²) in [4.78, 5) is 28.4.